The van der Waals surface area contributed by atoms with Crippen molar-refractivity contribution in [2.75, 3.05) is 39.9 Å². The first-order valence-corrected chi connectivity index (χ1v) is 8.37. The summed E-state index contributed by atoms with van der Waals surface area (Å²) in [6, 6.07) is 7.02. The van der Waals surface area contributed by atoms with E-state index in [4.69, 9.17) is 16.3 Å². The number of amides is 1. The number of carbonyl (C=O) groups is 1. The van der Waals surface area contributed by atoms with E-state index in [0.29, 0.717) is 24.1 Å². The van der Waals surface area contributed by atoms with Gasteiger partial charge in [-0.1, -0.05) is 11.6 Å². The number of carbonyl (C=O) groups excluding carboxylic acids is 1. The molecular formula is C17H25ClN2O3. The topological polar surface area (TPSA) is 53.0 Å². The Morgan fingerprint density at radius 3 is 2.78 bits per heavy atom. The van der Waals surface area contributed by atoms with E-state index < -0.39 is 0 Å². The third-order valence-electron chi connectivity index (χ3n) is 4.37. The standard InChI is InChI=1S/C17H25ClN2O3/c1-13(20-8-7-14(11-20)12-21)17(22)19(2)9-10-23-16-5-3-15(18)4-6-16/h3-6,13-14,21H,7-12H2,1-2H3. The number of likely N-dealkylation sites (tertiary alicyclic amines) is 1. The van der Waals surface area contributed by atoms with Gasteiger partial charge < -0.3 is 14.7 Å². The lowest BCUT2D eigenvalue weighted by Gasteiger charge is -2.28. The largest absolute Gasteiger partial charge is 0.492 e. The summed E-state index contributed by atoms with van der Waals surface area (Å²) in [5.74, 6) is 1.13. The van der Waals surface area contributed by atoms with E-state index in [0.717, 1.165) is 25.3 Å². The molecule has 1 heterocycles. The number of rotatable bonds is 7. The second-order valence-electron chi connectivity index (χ2n) is 6.07. The average molecular weight is 341 g/mol. The summed E-state index contributed by atoms with van der Waals surface area (Å²) >= 11 is 5.83. The van der Waals surface area contributed by atoms with Crippen LogP contribution in [-0.2, 0) is 4.79 Å². The molecule has 0 spiro atoms. The Bertz CT molecular complexity index is 509. The van der Waals surface area contributed by atoms with Crippen molar-refractivity contribution in [2.24, 2.45) is 5.92 Å². The number of hydrogen-bond acceptors (Lipinski definition) is 4. The summed E-state index contributed by atoms with van der Waals surface area (Å²) in [6.07, 6.45) is 0.956. The van der Waals surface area contributed by atoms with Crippen LogP contribution in [0.4, 0.5) is 0 Å². The van der Waals surface area contributed by atoms with Crippen molar-refractivity contribution < 1.29 is 14.6 Å². The van der Waals surface area contributed by atoms with Crippen LogP contribution in [0.5, 0.6) is 5.75 Å². The number of aliphatic hydroxyl groups excluding tert-OH is 1. The molecular weight excluding hydrogens is 316 g/mol. The van der Waals surface area contributed by atoms with E-state index in [9.17, 15) is 9.90 Å². The van der Waals surface area contributed by atoms with Gasteiger partial charge in [0.25, 0.3) is 0 Å². The molecule has 2 atom stereocenters. The van der Waals surface area contributed by atoms with Gasteiger partial charge in [-0.05, 0) is 50.1 Å². The molecule has 0 bridgehead atoms. The molecule has 0 radical (unpaired) electrons. The Morgan fingerprint density at radius 1 is 1.48 bits per heavy atom. The van der Waals surface area contributed by atoms with Crippen LogP contribution in [-0.4, -0.2) is 66.8 Å². The molecule has 1 amide bonds. The van der Waals surface area contributed by atoms with Gasteiger partial charge in [0.15, 0.2) is 0 Å². The molecule has 1 fully saturated rings. The van der Waals surface area contributed by atoms with Gasteiger partial charge in [-0.25, -0.2) is 0 Å². The quantitative estimate of drug-likeness (QED) is 0.823. The highest BCUT2D eigenvalue weighted by atomic mass is 35.5. The summed E-state index contributed by atoms with van der Waals surface area (Å²) in [5, 5.41) is 9.88. The second-order valence-corrected chi connectivity index (χ2v) is 6.51. The zero-order valence-electron chi connectivity index (χ0n) is 13.7. The molecule has 2 unspecified atom stereocenters. The molecule has 5 nitrogen and oxygen atoms in total. The van der Waals surface area contributed by atoms with Gasteiger partial charge in [0, 0.05) is 25.2 Å². The molecule has 6 heteroatoms. The first kappa shape index (κ1) is 18.0. The maximum Gasteiger partial charge on any atom is 0.239 e. The molecule has 0 aliphatic carbocycles. The smallest absolute Gasteiger partial charge is 0.239 e. The Kier molecular flexibility index (Phi) is 6.69. The summed E-state index contributed by atoms with van der Waals surface area (Å²) in [5.41, 5.74) is 0. The van der Waals surface area contributed by atoms with Crippen LogP contribution >= 0.6 is 11.6 Å². The van der Waals surface area contributed by atoms with Gasteiger partial charge in [0.1, 0.15) is 12.4 Å². The van der Waals surface area contributed by atoms with Gasteiger partial charge in [0.05, 0.1) is 12.6 Å². The van der Waals surface area contributed by atoms with Crippen LogP contribution in [0.25, 0.3) is 0 Å². The normalized spacial score (nSPS) is 19.6. The lowest BCUT2D eigenvalue weighted by Crippen LogP contribution is -2.46. The van der Waals surface area contributed by atoms with Crippen molar-refractivity contribution >= 4 is 17.5 Å². The van der Waals surface area contributed by atoms with Crippen LogP contribution in [0, 0.1) is 5.92 Å². The number of benzene rings is 1. The van der Waals surface area contributed by atoms with E-state index in [-0.39, 0.29) is 18.6 Å². The zero-order chi connectivity index (χ0) is 16.8. The lowest BCUT2D eigenvalue weighted by molar-refractivity contribution is -0.135. The van der Waals surface area contributed by atoms with E-state index in [2.05, 4.69) is 4.90 Å². The maximum absolute atomic E-state index is 12.5. The van der Waals surface area contributed by atoms with Gasteiger partial charge in [0.2, 0.25) is 5.91 Å². The zero-order valence-corrected chi connectivity index (χ0v) is 14.5. The Hall–Kier alpha value is -1.30. The van der Waals surface area contributed by atoms with E-state index >= 15 is 0 Å². The summed E-state index contributed by atoms with van der Waals surface area (Å²) in [6.45, 7) is 4.76. The molecule has 23 heavy (non-hydrogen) atoms. The van der Waals surface area contributed by atoms with E-state index in [1.165, 1.54) is 0 Å². The molecule has 1 N–H and O–H groups in total. The molecule has 1 aliphatic heterocycles. The highest BCUT2D eigenvalue weighted by Gasteiger charge is 2.30. The van der Waals surface area contributed by atoms with Crippen molar-refractivity contribution in [1.82, 2.24) is 9.80 Å². The van der Waals surface area contributed by atoms with Crippen molar-refractivity contribution in [3.05, 3.63) is 29.3 Å². The fraction of sp³-hybridized carbons (Fsp3) is 0.588. The van der Waals surface area contributed by atoms with Crippen LogP contribution < -0.4 is 4.74 Å². The summed E-state index contributed by atoms with van der Waals surface area (Å²) < 4.78 is 5.62. The SMILES string of the molecule is CC(C(=O)N(C)CCOc1ccc(Cl)cc1)N1CCC(CO)C1. The molecule has 128 valence electrons. The number of halogens is 1. The molecule has 0 aromatic heterocycles. The van der Waals surface area contributed by atoms with Crippen molar-refractivity contribution in [1.29, 1.82) is 0 Å². The second kappa shape index (κ2) is 8.52. The summed E-state index contributed by atoms with van der Waals surface area (Å²) in [4.78, 5) is 16.3. The molecule has 0 saturated carbocycles. The predicted octanol–water partition coefficient (Wildman–Crippen LogP) is 1.88. The average Bonchev–Trinajstić information content (AvgIpc) is 3.04. The minimum Gasteiger partial charge on any atom is -0.492 e. The third-order valence-corrected chi connectivity index (χ3v) is 4.62. The Morgan fingerprint density at radius 2 is 2.17 bits per heavy atom. The molecule has 2 rings (SSSR count). The van der Waals surface area contributed by atoms with Crippen LogP contribution in [0.2, 0.25) is 5.02 Å². The van der Waals surface area contributed by atoms with Gasteiger partial charge >= 0.3 is 0 Å². The van der Waals surface area contributed by atoms with E-state index in [1.54, 1.807) is 24.1 Å². The van der Waals surface area contributed by atoms with Crippen molar-refractivity contribution in [2.45, 2.75) is 19.4 Å². The van der Waals surface area contributed by atoms with Crippen molar-refractivity contribution in [3.63, 3.8) is 0 Å². The van der Waals surface area contributed by atoms with Gasteiger partial charge in [-0.2, -0.15) is 0 Å². The molecule has 1 saturated heterocycles. The number of aliphatic hydroxyl groups is 1. The fourth-order valence-corrected chi connectivity index (χ4v) is 2.91. The fourth-order valence-electron chi connectivity index (χ4n) is 2.78. The molecule has 1 aliphatic rings. The minimum atomic E-state index is -0.160. The lowest BCUT2D eigenvalue weighted by atomic mass is 10.1. The molecule has 1 aromatic carbocycles. The highest BCUT2D eigenvalue weighted by molar-refractivity contribution is 6.30. The number of hydrogen-bond donors (Lipinski definition) is 1. The highest BCUT2D eigenvalue weighted by Crippen LogP contribution is 2.19. The first-order valence-electron chi connectivity index (χ1n) is 7.99. The Balaban J connectivity index is 1.75. The number of likely N-dealkylation sites (N-methyl/N-ethyl adjacent to an activating group) is 1. The van der Waals surface area contributed by atoms with Crippen LogP contribution in [0.1, 0.15) is 13.3 Å². The van der Waals surface area contributed by atoms with Crippen LogP contribution in [0.15, 0.2) is 24.3 Å². The monoisotopic (exact) mass is 340 g/mol. The number of ether oxygens (including phenoxy) is 1. The predicted molar refractivity (Wildman–Crippen MR) is 90.8 cm³/mol. The van der Waals surface area contributed by atoms with E-state index in [1.807, 2.05) is 19.1 Å². The number of nitrogens with zero attached hydrogens (tertiary/aromatic N) is 2. The van der Waals surface area contributed by atoms with Crippen LogP contribution in [0.3, 0.4) is 0 Å². The van der Waals surface area contributed by atoms with Crippen molar-refractivity contribution in [3.8, 4) is 5.75 Å². The minimum absolute atomic E-state index is 0.0864. The maximum atomic E-state index is 12.5. The first-order chi connectivity index (χ1) is 11.0. The summed E-state index contributed by atoms with van der Waals surface area (Å²) in [7, 11) is 1.80. The van der Waals surface area contributed by atoms with Gasteiger partial charge in [-0.3, -0.25) is 9.69 Å². The van der Waals surface area contributed by atoms with Gasteiger partial charge in [-0.15, -0.1) is 0 Å². The third kappa shape index (κ3) is 5.09. The molecule has 1 aromatic rings. The Labute approximate surface area is 142 Å².